The van der Waals surface area contributed by atoms with Gasteiger partial charge < -0.3 is 4.74 Å². The summed E-state index contributed by atoms with van der Waals surface area (Å²) in [7, 11) is -4.20. The predicted octanol–water partition coefficient (Wildman–Crippen LogP) is 2.12. The van der Waals surface area contributed by atoms with Crippen molar-refractivity contribution in [2.75, 3.05) is 6.61 Å². The quantitative estimate of drug-likeness (QED) is 0.896. The number of halogens is 2. The SMILES string of the molecule is O=C(CC[C@H]1CCCCO1)NS(=O)(=O)c1ccc(F)c(F)c1. The van der Waals surface area contributed by atoms with Gasteiger partial charge in [-0.1, -0.05) is 0 Å². The summed E-state index contributed by atoms with van der Waals surface area (Å²) in [6.07, 6.45) is 3.26. The summed E-state index contributed by atoms with van der Waals surface area (Å²) in [5.41, 5.74) is 0. The first-order valence-electron chi connectivity index (χ1n) is 7.01. The van der Waals surface area contributed by atoms with Crippen LogP contribution in [0.5, 0.6) is 0 Å². The zero-order chi connectivity index (χ0) is 16.2. The van der Waals surface area contributed by atoms with Gasteiger partial charge in [-0.3, -0.25) is 4.79 Å². The minimum atomic E-state index is -4.20. The fourth-order valence-corrected chi connectivity index (χ4v) is 3.26. The van der Waals surface area contributed by atoms with Crippen molar-refractivity contribution >= 4 is 15.9 Å². The number of carbonyl (C=O) groups is 1. The number of rotatable bonds is 5. The standard InChI is InChI=1S/C14H17F2NO4S/c15-12-6-5-11(9-13(12)16)22(19,20)17-14(18)7-4-10-3-1-2-8-21-10/h5-6,9-10H,1-4,7-8H2,(H,17,18)/t10-/m1/s1. The van der Waals surface area contributed by atoms with Gasteiger partial charge in [0.25, 0.3) is 10.0 Å². The van der Waals surface area contributed by atoms with Crippen molar-refractivity contribution in [2.45, 2.75) is 43.1 Å². The smallest absolute Gasteiger partial charge is 0.264 e. The van der Waals surface area contributed by atoms with E-state index in [1.807, 2.05) is 4.72 Å². The monoisotopic (exact) mass is 333 g/mol. The van der Waals surface area contributed by atoms with Crippen LogP contribution in [0.4, 0.5) is 8.78 Å². The van der Waals surface area contributed by atoms with E-state index in [2.05, 4.69) is 0 Å². The highest BCUT2D eigenvalue weighted by Gasteiger charge is 2.21. The Morgan fingerprint density at radius 3 is 2.68 bits per heavy atom. The van der Waals surface area contributed by atoms with Crippen molar-refractivity contribution < 1.29 is 26.7 Å². The van der Waals surface area contributed by atoms with E-state index >= 15 is 0 Å². The second-order valence-corrected chi connectivity index (χ2v) is 6.81. The molecule has 1 fully saturated rings. The molecule has 1 saturated heterocycles. The molecule has 8 heteroatoms. The first-order chi connectivity index (χ1) is 10.4. The van der Waals surface area contributed by atoms with Crippen LogP contribution in [0.1, 0.15) is 32.1 Å². The Bertz CT molecular complexity index is 642. The Hall–Kier alpha value is -1.54. The Balaban J connectivity index is 1.92. The lowest BCUT2D eigenvalue weighted by Crippen LogP contribution is -2.31. The van der Waals surface area contributed by atoms with Gasteiger partial charge in [-0.25, -0.2) is 21.9 Å². The number of hydrogen-bond acceptors (Lipinski definition) is 4. The molecule has 22 heavy (non-hydrogen) atoms. The molecule has 2 rings (SSSR count). The molecule has 0 radical (unpaired) electrons. The second kappa shape index (κ2) is 7.15. The zero-order valence-corrected chi connectivity index (χ0v) is 12.7. The molecule has 1 heterocycles. The third-order valence-corrected chi connectivity index (χ3v) is 4.79. The summed E-state index contributed by atoms with van der Waals surface area (Å²) in [5, 5.41) is 0. The van der Waals surface area contributed by atoms with E-state index in [1.165, 1.54) is 0 Å². The number of sulfonamides is 1. The predicted molar refractivity (Wildman–Crippen MR) is 74.5 cm³/mol. The Kier molecular flexibility index (Phi) is 5.47. The molecule has 1 amide bonds. The average molecular weight is 333 g/mol. The molecule has 1 aromatic carbocycles. The summed E-state index contributed by atoms with van der Waals surface area (Å²) in [6, 6.07) is 2.14. The highest BCUT2D eigenvalue weighted by atomic mass is 32.2. The summed E-state index contributed by atoms with van der Waals surface area (Å²) in [5.74, 6) is -3.13. The van der Waals surface area contributed by atoms with Gasteiger partial charge in [0.1, 0.15) is 0 Å². The van der Waals surface area contributed by atoms with Crippen molar-refractivity contribution in [1.29, 1.82) is 0 Å². The van der Waals surface area contributed by atoms with Crippen molar-refractivity contribution in [3.8, 4) is 0 Å². The number of hydrogen-bond donors (Lipinski definition) is 1. The Morgan fingerprint density at radius 2 is 2.05 bits per heavy atom. The van der Waals surface area contributed by atoms with Crippen LogP contribution in [-0.2, 0) is 19.6 Å². The summed E-state index contributed by atoms with van der Waals surface area (Å²) < 4.78 is 57.0. The molecule has 1 aliphatic heterocycles. The first kappa shape index (κ1) is 16.8. The van der Waals surface area contributed by atoms with Gasteiger partial charge >= 0.3 is 0 Å². The lowest BCUT2D eigenvalue weighted by atomic mass is 10.0. The molecule has 1 aliphatic rings. The molecule has 5 nitrogen and oxygen atoms in total. The molecule has 0 bridgehead atoms. The molecule has 0 spiro atoms. The average Bonchev–Trinajstić information content (AvgIpc) is 2.48. The van der Waals surface area contributed by atoms with Gasteiger partial charge in [0.05, 0.1) is 11.0 Å². The van der Waals surface area contributed by atoms with Crippen LogP contribution < -0.4 is 4.72 Å². The highest BCUT2D eigenvalue weighted by molar-refractivity contribution is 7.90. The van der Waals surface area contributed by atoms with Crippen molar-refractivity contribution in [1.82, 2.24) is 4.72 Å². The maximum absolute atomic E-state index is 13.1. The van der Waals surface area contributed by atoms with E-state index in [-0.39, 0.29) is 12.5 Å². The van der Waals surface area contributed by atoms with E-state index < -0.39 is 32.5 Å². The van der Waals surface area contributed by atoms with Gasteiger partial charge in [-0.15, -0.1) is 0 Å². The third-order valence-electron chi connectivity index (χ3n) is 3.42. The summed E-state index contributed by atoms with van der Waals surface area (Å²) in [6.45, 7) is 0.652. The lowest BCUT2D eigenvalue weighted by Gasteiger charge is -2.22. The van der Waals surface area contributed by atoms with Crippen molar-refractivity contribution in [2.24, 2.45) is 0 Å². The van der Waals surface area contributed by atoms with Crippen molar-refractivity contribution in [3.63, 3.8) is 0 Å². The molecule has 1 aromatic rings. The van der Waals surface area contributed by atoms with E-state index in [4.69, 9.17) is 4.74 Å². The van der Waals surface area contributed by atoms with Crippen LogP contribution in [0.25, 0.3) is 0 Å². The van der Waals surface area contributed by atoms with Crippen LogP contribution in [0.15, 0.2) is 23.1 Å². The Labute approximate surface area is 127 Å². The second-order valence-electron chi connectivity index (χ2n) is 5.13. The fraction of sp³-hybridized carbons (Fsp3) is 0.500. The lowest BCUT2D eigenvalue weighted by molar-refractivity contribution is -0.120. The van der Waals surface area contributed by atoms with Gasteiger partial charge in [-0.05, 0) is 43.9 Å². The van der Waals surface area contributed by atoms with Crippen molar-refractivity contribution in [3.05, 3.63) is 29.8 Å². The maximum atomic E-state index is 13.1. The maximum Gasteiger partial charge on any atom is 0.264 e. The minimum Gasteiger partial charge on any atom is -0.378 e. The molecule has 0 aromatic heterocycles. The summed E-state index contributed by atoms with van der Waals surface area (Å²) >= 11 is 0. The van der Waals surface area contributed by atoms with Crippen LogP contribution in [-0.4, -0.2) is 27.0 Å². The first-order valence-corrected chi connectivity index (χ1v) is 8.49. The number of carbonyl (C=O) groups excluding carboxylic acids is 1. The zero-order valence-electron chi connectivity index (χ0n) is 11.8. The van der Waals surface area contributed by atoms with E-state index in [1.54, 1.807) is 0 Å². The number of amides is 1. The van der Waals surface area contributed by atoms with Crippen LogP contribution >= 0.6 is 0 Å². The van der Waals surface area contributed by atoms with E-state index in [0.29, 0.717) is 25.2 Å². The topological polar surface area (TPSA) is 72.5 Å². The van der Waals surface area contributed by atoms with Crippen LogP contribution in [0.3, 0.4) is 0 Å². The molecule has 0 aliphatic carbocycles. The van der Waals surface area contributed by atoms with Gasteiger partial charge in [0.15, 0.2) is 11.6 Å². The molecule has 122 valence electrons. The van der Waals surface area contributed by atoms with Crippen LogP contribution in [0, 0.1) is 11.6 Å². The molecule has 0 unspecified atom stereocenters. The minimum absolute atomic E-state index is 0.00638. The molecular weight excluding hydrogens is 316 g/mol. The van der Waals surface area contributed by atoms with Gasteiger partial charge in [0, 0.05) is 13.0 Å². The molecule has 0 saturated carbocycles. The third kappa shape index (κ3) is 4.48. The normalized spacial score (nSPS) is 18.9. The van der Waals surface area contributed by atoms with E-state index in [0.717, 1.165) is 25.3 Å². The number of benzene rings is 1. The molecule has 1 atom stereocenters. The molecular formula is C14H17F2NO4S. The summed E-state index contributed by atoms with van der Waals surface area (Å²) in [4.78, 5) is 11.2. The largest absolute Gasteiger partial charge is 0.378 e. The number of ether oxygens (including phenoxy) is 1. The number of nitrogens with one attached hydrogen (secondary N) is 1. The van der Waals surface area contributed by atoms with Gasteiger partial charge in [-0.2, -0.15) is 0 Å². The molecule has 1 N–H and O–H groups in total. The Morgan fingerprint density at radius 1 is 1.27 bits per heavy atom. The van der Waals surface area contributed by atoms with E-state index in [9.17, 15) is 22.0 Å². The van der Waals surface area contributed by atoms with Gasteiger partial charge in [0.2, 0.25) is 5.91 Å². The fourth-order valence-electron chi connectivity index (χ4n) is 2.23. The highest BCUT2D eigenvalue weighted by Crippen LogP contribution is 2.17. The van der Waals surface area contributed by atoms with Crippen LogP contribution in [0.2, 0.25) is 0 Å².